The number of para-hydroxylation sites is 1. The van der Waals surface area contributed by atoms with Gasteiger partial charge in [0, 0.05) is 18.8 Å². The molecule has 1 aromatic heterocycles. The second-order valence-electron chi connectivity index (χ2n) is 6.15. The Balaban J connectivity index is 2.04. The summed E-state index contributed by atoms with van der Waals surface area (Å²) in [7, 11) is 0. The zero-order valence-corrected chi connectivity index (χ0v) is 13.5. The van der Waals surface area contributed by atoms with Gasteiger partial charge in [0.15, 0.2) is 5.60 Å². The lowest BCUT2D eigenvalue weighted by Gasteiger charge is -2.24. The van der Waals surface area contributed by atoms with Gasteiger partial charge in [-0.05, 0) is 31.9 Å². The summed E-state index contributed by atoms with van der Waals surface area (Å²) in [6.07, 6.45) is 1.81. The van der Waals surface area contributed by atoms with Crippen LogP contribution in [-0.2, 0) is 4.79 Å². The third-order valence-corrected chi connectivity index (χ3v) is 3.16. The Kier molecular flexibility index (Phi) is 4.85. The molecule has 5 heteroatoms. The van der Waals surface area contributed by atoms with Crippen LogP contribution in [0.1, 0.15) is 27.7 Å². The van der Waals surface area contributed by atoms with Crippen LogP contribution in [0.5, 0.6) is 5.88 Å². The summed E-state index contributed by atoms with van der Waals surface area (Å²) >= 11 is 0. The highest BCUT2D eigenvalue weighted by Crippen LogP contribution is 2.18. The second kappa shape index (κ2) is 6.64. The average Bonchev–Trinajstić information content (AvgIpc) is 2.93. The van der Waals surface area contributed by atoms with Crippen molar-refractivity contribution in [2.45, 2.75) is 33.3 Å². The largest absolute Gasteiger partial charge is 0.460 e. The van der Waals surface area contributed by atoms with E-state index in [-0.39, 0.29) is 5.91 Å². The second-order valence-corrected chi connectivity index (χ2v) is 6.15. The SMILES string of the molecule is CC(C)CNC(=O)C(C)(C)Oc1ccn(-c2ccccc2)n1. The first-order chi connectivity index (χ1) is 10.4. The molecule has 118 valence electrons. The van der Waals surface area contributed by atoms with Crippen LogP contribution in [0.3, 0.4) is 0 Å². The van der Waals surface area contributed by atoms with E-state index in [0.29, 0.717) is 18.3 Å². The predicted molar refractivity (Wildman–Crippen MR) is 86.1 cm³/mol. The van der Waals surface area contributed by atoms with E-state index < -0.39 is 5.60 Å². The van der Waals surface area contributed by atoms with Gasteiger partial charge in [0.25, 0.3) is 5.91 Å². The molecule has 1 N–H and O–H groups in total. The number of nitrogens with one attached hydrogen (secondary N) is 1. The summed E-state index contributed by atoms with van der Waals surface area (Å²) in [5.74, 6) is 0.682. The highest BCUT2D eigenvalue weighted by Gasteiger charge is 2.30. The first-order valence-corrected chi connectivity index (χ1v) is 7.47. The molecule has 1 amide bonds. The van der Waals surface area contributed by atoms with Gasteiger partial charge < -0.3 is 10.1 Å². The normalized spacial score (nSPS) is 11.5. The minimum absolute atomic E-state index is 0.143. The highest BCUT2D eigenvalue weighted by atomic mass is 16.5. The molecule has 0 atom stereocenters. The van der Waals surface area contributed by atoms with E-state index in [4.69, 9.17) is 4.74 Å². The number of ether oxygens (including phenoxy) is 1. The fraction of sp³-hybridized carbons (Fsp3) is 0.412. The molecule has 22 heavy (non-hydrogen) atoms. The van der Waals surface area contributed by atoms with E-state index in [1.54, 1.807) is 24.6 Å². The summed E-state index contributed by atoms with van der Waals surface area (Å²) in [5, 5.41) is 7.24. The maximum atomic E-state index is 12.2. The molecule has 0 saturated carbocycles. The number of aromatic nitrogens is 2. The topological polar surface area (TPSA) is 56.1 Å². The van der Waals surface area contributed by atoms with E-state index in [1.807, 2.05) is 36.5 Å². The van der Waals surface area contributed by atoms with Crippen LogP contribution in [0.15, 0.2) is 42.6 Å². The number of hydrogen-bond acceptors (Lipinski definition) is 3. The first kappa shape index (κ1) is 16.1. The van der Waals surface area contributed by atoms with Gasteiger partial charge in [-0.1, -0.05) is 32.0 Å². The zero-order chi connectivity index (χ0) is 16.2. The molecular weight excluding hydrogens is 278 g/mol. The Morgan fingerprint density at radius 2 is 1.95 bits per heavy atom. The molecule has 2 rings (SSSR count). The lowest BCUT2D eigenvalue weighted by atomic mass is 10.1. The van der Waals surface area contributed by atoms with Crippen LogP contribution in [0.25, 0.3) is 5.69 Å². The van der Waals surface area contributed by atoms with E-state index >= 15 is 0 Å². The van der Waals surface area contributed by atoms with Crippen molar-refractivity contribution < 1.29 is 9.53 Å². The molecule has 0 saturated heterocycles. The molecule has 0 bridgehead atoms. The molecule has 0 radical (unpaired) electrons. The number of amides is 1. The van der Waals surface area contributed by atoms with Crippen molar-refractivity contribution in [3.05, 3.63) is 42.6 Å². The minimum atomic E-state index is -0.967. The Hall–Kier alpha value is -2.30. The monoisotopic (exact) mass is 301 g/mol. The van der Waals surface area contributed by atoms with Gasteiger partial charge in [-0.25, -0.2) is 4.68 Å². The maximum Gasteiger partial charge on any atom is 0.263 e. The van der Waals surface area contributed by atoms with Crippen molar-refractivity contribution in [2.75, 3.05) is 6.54 Å². The minimum Gasteiger partial charge on any atom is -0.460 e. The number of carbonyl (C=O) groups is 1. The number of rotatable bonds is 6. The van der Waals surface area contributed by atoms with E-state index in [2.05, 4.69) is 24.3 Å². The zero-order valence-electron chi connectivity index (χ0n) is 13.5. The van der Waals surface area contributed by atoms with Gasteiger partial charge in [0.1, 0.15) is 0 Å². The Morgan fingerprint density at radius 1 is 1.27 bits per heavy atom. The number of nitrogens with zero attached hydrogens (tertiary/aromatic N) is 2. The molecule has 5 nitrogen and oxygen atoms in total. The molecule has 0 spiro atoms. The van der Waals surface area contributed by atoms with Gasteiger partial charge in [-0.15, -0.1) is 5.10 Å². The van der Waals surface area contributed by atoms with E-state index in [9.17, 15) is 4.79 Å². The predicted octanol–water partition coefficient (Wildman–Crippen LogP) is 2.80. The van der Waals surface area contributed by atoms with E-state index in [0.717, 1.165) is 5.69 Å². The molecule has 1 heterocycles. The Labute approximate surface area is 131 Å². The third kappa shape index (κ3) is 4.10. The quantitative estimate of drug-likeness (QED) is 0.892. The van der Waals surface area contributed by atoms with Gasteiger partial charge in [0.2, 0.25) is 5.88 Å². The van der Waals surface area contributed by atoms with Crippen LogP contribution >= 0.6 is 0 Å². The first-order valence-electron chi connectivity index (χ1n) is 7.47. The summed E-state index contributed by atoms with van der Waals surface area (Å²) in [6.45, 7) is 8.21. The molecule has 0 aliphatic rings. The standard InChI is InChI=1S/C17H23N3O2/c1-13(2)12-18-16(21)17(3,4)22-15-10-11-20(19-15)14-8-6-5-7-9-14/h5-11,13H,12H2,1-4H3,(H,18,21). The van der Waals surface area contributed by atoms with Crippen LogP contribution in [0.2, 0.25) is 0 Å². The number of hydrogen-bond donors (Lipinski definition) is 1. The summed E-state index contributed by atoms with van der Waals surface area (Å²) < 4.78 is 7.47. The van der Waals surface area contributed by atoms with Crippen molar-refractivity contribution in [1.29, 1.82) is 0 Å². The van der Waals surface area contributed by atoms with Gasteiger partial charge in [0.05, 0.1) is 5.69 Å². The molecule has 2 aromatic rings. The van der Waals surface area contributed by atoms with Gasteiger partial charge >= 0.3 is 0 Å². The fourth-order valence-electron chi connectivity index (χ4n) is 1.90. The lowest BCUT2D eigenvalue weighted by Crippen LogP contribution is -2.47. The van der Waals surface area contributed by atoms with E-state index in [1.165, 1.54) is 0 Å². The van der Waals surface area contributed by atoms with Crippen LogP contribution < -0.4 is 10.1 Å². The summed E-state index contributed by atoms with van der Waals surface area (Å²) in [4.78, 5) is 12.2. The molecule has 0 aliphatic heterocycles. The van der Waals surface area contributed by atoms with Gasteiger partial charge in [-0.3, -0.25) is 4.79 Å². The lowest BCUT2D eigenvalue weighted by molar-refractivity contribution is -0.134. The van der Waals surface area contributed by atoms with Crippen molar-refractivity contribution in [1.82, 2.24) is 15.1 Å². The molecule has 1 aromatic carbocycles. The summed E-state index contributed by atoms with van der Waals surface area (Å²) in [5.41, 5.74) is -0.0236. The fourth-order valence-corrected chi connectivity index (χ4v) is 1.90. The highest BCUT2D eigenvalue weighted by molar-refractivity contribution is 5.84. The van der Waals surface area contributed by atoms with Crippen LogP contribution in [0.4, 0.5) is 0 Å². The maximum absolute atomic E-state index is 12.2. The van der Waals surface area contributed by atoms with Crippen molar-refractivity contribution >= 4 is 5.91 Å². The molecular formula is C17H23N3O2. The summed E-state index contributed by atoms with van der Waals surface area (Å²) in [6, 6.07) is 11.5. The van der Waals surface area contributed by atoms with Crippen LogP contribution in [-0.4, -0.2) is 27.8 Å². The number of benzene rings is 1. The average molecular weight is 301 g/mol. The smallest absolute Gasteiger partial charge is 0.263 e. The van der Waals surface area contributed by atoms with Crippen molar-refractivity contribution in [2.24, 2.45) is 5.92 Å². The van der Waals surface area contributed by atoms with Crippen LogP contribution in [0, 0.1) is 5.92 Å². The molecule has 0 unspecified atom stereocenters. The molecule has 0 fully saturated rings. The van der Waals surface area contributed by atoms with Crippen molar-refractivity contribution in [3.8, 4) is 11.6 Å². The van der Waals surface area contributed by atoms with Gasteiger partial charge in [-0.2, -0.15) is 0 Å². The Morgan fingerprint density at radius 3 is 2.59 bits per heavy atom. The number of carbonyl (C=O) groups excluding carboxylic acids is 1. The molecule has 0 aliphatic carbocycles. The van der Waals surface area contributed by atoms with Crippen molar-refractivity contribution in [3.63, 3.8) is 0 Å². The third-order valence-electron chi connectivity index (χ3n) is 3.16. The Bertz CT molecular complexity index is 618.